The molecular weight excluding hydrogens is 322 g/mol. The minimum Gasteiger partial charge on any atom is -0.368 e. The predicted octanol–water partition coefficient (Wildman–Crippen LogP) is 2.89. The number of rotatable bonds is 1. The van der Waals surface area contributed by atoms with Gasteiger partial charge < -0.3 is 10.6 Å². The number of hydrogen-bond donors (Lipinski definition) is 1. The summed E-state index contributed by atoms with van der Waals surface area (Å²) in [6, 6.07) is 9.31. The quantitative estimate of drug-likeness (QED) is 0.858. The summed E-state index contributed by atoms with van der Waals surface area (Å²) in [6.45, 7) is 4.52. The molecule has 2 aromatic rings. The number of fused-ring (bicyclic) bond motifs is 4. The van der Waals surface area contributed by atoms with Gasteiger partial charge in [0, 0.05) is 36.8 Å². The number of hydrogen-bond acceptors (Lipinski definition) is 5. The van der Waals surface area contributed by atoms with Crippen LogP contribution in [0.3, 0.4) is 0 Å². The van der Waals surface area contributed by atoms with Gasteiger partial charge in [-0.1, -0.05) is 30.7 Å². The van der Waals surface area contributed by atoms with Crippen molar-refractivity contribution in [3.05, 3.63) is 35.4 Å². The van der Waals surface area contributed by atoms with Gasteiger partial charge in [0.2, 0.25) is 5.95 Å². The van der Waals surface area contributed by atoms with Crippen LogP contribution in [0.4, 0.5) is 11.8 Å². The average molecular weight is 349 g/mol. The molecule has 0 bridgehead atoms. The first-order valence-corrected chi connectivity index (χ1v) is 10.0. The molecule has 3 heterocycles. The van der Waals surface area contributed by atoms with Crippen molar-refractivity contribution in [2.75, 3.05) is 36.8 Å². The van der Waals surface area contributed by atoms with E-state index in [1.807, 2.05) is 0 Å². The number of nitrogen functional groups attached to an aromatic ring is 1. The Bertz CT molecular complexity index is 818. The molecule has 5 heteroatoms. The van der Waals surface area contributed by atoms with Gasteiger partial charge in [-0.25, -0.2) is 4.98 Å². The molecule has 2 saturated heterocycles. The molecule has 26 heavy (non-hydrogen) atoms. The Balaban J connectivity index is 1.56. The van der Waals surface area contributed by atoms with E-state index in [9.17, 15) is 0 Å². The van der Waals surface area contributed by atoms with Gasteiger partial charge >= 0.3 is 0 Å². The first-order chi connectivity index (χ1) is 12.8. The molecule has 0 amide bonds. The zero-order valence-corrected chi connectivity index (χ0v) is 15.3. The summed E-state index contributed by atoms with van der Waals surface area (Å²) in [4.78, 5) is 14.6. The van der Waals surface area contributed by atoms with Crippen LogP contribution in [-0.4, -0.2) is 47.1 Å². The molecule has 1 aliphatic carbocycles. The minimum absolute atomic E-state index is 0.404. The molecule has 1 unspecified atom stereocenters. The summed E-state index contributed by atoms with van der Waals surface area (Å²) in [7, 11) is 0. The molecule has 3 aliphatic rings. The van der Waals surface area contributed by atoms with Crippen molar-refractivity contribution in [3.63, 3.8) is 0 Å². The van der Waals surface area contributed by atoms with Gasteiger partial charge in [-0.2, -0.15) is 4.98 Å². The Morgan fingerprint density at radius 3 is 2.85 bits per heavy atom. The van der Waals surface area contributed by atoms with Crippen molar-refractivity contribution in [2.24, 2.45) is 0 Å². The fraction of sp³-hybridized carbons (Fsp3) is 0.524. The number of aromatic nitrogens is 2. The molecule has 2 aliphatic heterocycles. The number of aryl methyl sites for hydroxylation is 1. The molecule has 5 rings (SSSR count). The van der Waals surface area contributed by atoms with E-state index in [-0.39, 0.29) is 0 Å². The fourth-order valence-corrected chi connectivity index (χ4v) is 4.98. The van der Waals surface area contributed by atoms with Crippen molar-refractivity contribution in [1.82, 2.24) is 14.9 Å². The normalized spacial score (nSPS) is 22.9. The van der Waals surface area contributed by atoms with Crippen LogP contribution in [-0.2, 0) is 12.8 Å². The number of benzene rings is 1. The Hall–Kier alpha value is -2.14. The Labute approximate surface area is 155 Å². The summed E-state index contributed by atoms with van der Waals surface area (Å²) < 4.78 is 0. The maximum atomic E-state index is 6.17. The molecule has 1 aromatic carbocycles. The van der Waals surface area contributed by atoms with Gasteiger partial charge in [0.25, 0.3) is 0 Å². The second-order valence-corrected chi connectivity index (χ2v) is 7.87. The molecule has 1 atom stereocenters. The zero-order valence-electron chi connectivity index (χ0n) is 15.3. The highest BCUT2D eigenvalue weighted by molar-refractivity contribution is 5.74. The van der Waals surface area contributed by atoms with E-state index in [4.69, 9.17) is 10.7 Å². The molecule has 0 spiro atoms. The largest absolute Gasteiger partial charge is 0.368 e. The third kappa shape index (κ3) is 2.75. The monoisotopic (exact) mass is 349 g/mol. The van der Waals surface area contributed by atoms with Gasteiger partial charge in [0.1, 0.15) is 5.82 Å². The van der Waals surface area contributed by atoms with Crippen LogP contribution < -0.4 is 10.6 Å². The highest BCUT2D eigenvalue weighted by atomic mass is 15.3. The smallest absolute Gasteiger partial charge is 0.222 e. The third-order valence-corrected chi connectivity index (χ3v) is 6.28. The SMILES string of the molecule is Nc1nc2c(c(N3CCN4CCCCC4C3)n1)CCCc1ccccc1-2. The Morgan fingerprint density at radius 2 is 1.88 bits per heavy atom. The number of piperazine rings is 1. The van der Waals surface area contributed by atoms with Crippen LogP contribution in [0, 0.1) is 0 Å². The van der Waals surface area contributed by atoms with Crippen LogP contribution >= 0.6 is 0 Å². The summed E-state index contributed by atoms with van der Waals surface area (Å²) in [5, 5.41) is 0. The second-order valence-electron chi connectivity index (χ2n) is 7.87. The van der Waals surface area contributed by atoms with Gasteiger partial charge in [-0.05, 0) is 44.2 Å². The van der Waals surface area contributed by atoms with Crippen molar-refractivity contribution < 1.29 is 0 Å². The molecule has 136 valence electrons. The molecule has 0 saturated carbocycles. The topological polar surface area (TPSA) is 58.3 Å². The number of nitrogens with zero attached hydrogens (tertiary/aromatic N) is 4. The molecule has 1 aromatic heterocycles. The fourth-order valence-electron chi connectivity index (χ4n) is 4.98. The molecule has 2 fully saturated rings. The predicted molar refractivity (Wildman–Crippen MR) is 105 cm³/mol. The maximum absolute atomic E-state index is 6.17. The standard InChI is InChI=1S/C21H27N5/c22-21-23-19-17-9-2-1-6-15(17)7-5-10-18(19)20(24-21)26-13-12-25-11-4-3-8-16(25)14-26/h1-2,6,9,16H,3-5,7-8,10-14H2,(H2,22,23,24). The van der Waals surface area contributed by atoms with Gasteiger partial charge in [-0.3, -0.25) is 4.90 Å². The first kappa shape index (κ1) is 16.1. The third-order valence-electron chi connectivity index (χ3n) is 6.28. The van der Waals surface area contributed by atoms with E-state index in [1.54, 1.807) is 0 Å². The second kappa shape index (κ2) is 6.54. The zero-order chi connectivity index (χ0) is 17.5. The highest BCUT2D eigenvalue weighted by Gasteiger charge is 2.31. The van der Waals surface area contributed by atoms with E-state index in [0.717, 1.165) is 50.4 Å². The Kier molecular flexibility index (Phi) is 4.04. The van der Waals surface area contributed by atoms with Crippen molar-refractivity contribution in [2.45, 2.75) is 44.6 Å². The lowest BCUT2D eigenvalue weighted by molar-refractivity contribution is 0.133. The van der Waals surface area contributed by atoms with Gasteiger partial charge in [0.15, 0.2) is 0 Å². The molecule has 2 N–H and O–H groups in total. The summed E-state index contributed by atoms with van der Waals surface area (Å²) in [5.41, 5.74) is 11.2. The molecule has 0 radical (unpaired) electrons. The van der Waals surface area contributed by atoms with Crippen LogP contribution in [0.2, 0.25) is 0 Å². The van der Waals surface area contributed by atoms with E-state index in [1.165, 1.54) is 42.5 Å². The lowest BCUT2D eigenvalue weighted by Crippen LogP contribution is -2.55. The minimum atomic E-state index is 0.404. The van der Waals surface area contributed by atoms with E-state index < -0.39 is 0 Å². The molecular formula is C21H27N5. The lowest BCUT2D eigenvalue weighted by atomic mass is 9.98. The summed E-state index contributed by atoms with van der Waals surface area (Å²) in [6.07, 6.45) is 7.29. The molecule has 5 nitrogen and oxygen atoms in total. The summed E-state index contributed by atoms with van der Waals surface area (Å²) >= 11 is 0. The first-order valence-electron chi connectivity index (χ1n) is 10.0. The number of anilines is 2. The average Bonchev–Trinajstić information content (AvgIpc) is 2.86. The van der Waals surface area contributed by atoms with E-state index in [2.05, 4.69) is 39.0 Å². The van der Waals surface area contributed by atoms with Crippen molar-refractivity contribution >= 4 is 11.8 Å². The lowest BCUT2D eigenvalue weighted by Gasteiger charge is -2.44. The summed E-state index contributed by atoms with van der Waals surface area (Å²) in [5.74, 6) is 1.50. The van der Waals surface area contributed by atoms with E-state index in [0.29, 0.717) is 12.0 Å². The van der Waals surface area contributed by atoms with Gasteiger partial charge in [0.05, 0.1) is 5.69 Å². The van der Waals surface area contributed by atoms with Crippen LogP contribution in [0.5, 0.6) is 0 Å². The van der Waals surface area contributed by atoms with Gasteiger partial charge in [-0.15, -0.1) is 0 Å². The van der Waals surface area contributed by atoms with Crippen molar-refractivity contribution in [3.8, 4) is 11.3 Å². The van der Waals surface area contributed by atoms with E-state index >= 15 is 0 Å². The maximum Gasteiger partial charge on any atom is 0.222 e. The van der Waals surface area contributed by atoms with Crippen LogP contribution in [0.15, 0.2) is 24.3 Å². The number of piperidine rings is 1. The number of nitrogens with two attached hydrogens (primary N) is 1. The van der Waals surface area contributed by atoms with Crippen LogP contribution in [0.25, 0.3) is 11.3 Å². The van der Waals surface area contributed by atoms with Crippen LogP contribution in [0.1, 0.15) is 36.8 Å². The van der Waals surface area contributed by atoms with Crippen molar-refractivity contribution in [1.29, 1.82) is 0 Å². The highest BCUT2D eigenvalue weighted by Crippen LogP contribution is 2.37. The Morgan fingerprint density at radius 1 is 0.962 bits per heavy atom.